The number of aromatic amines is 1. The van der Waals surface area contributed by atoms with E-state index in [1.165, 1.54) is 5.56 Å². The third-order valence-corrected chi connectivity index (χ3v) is 5.57. The highest BCUT2D eigenvalue weighted by Crippen LogP contribution is 2.30. The molecule has 5 rings (SSSR count). The Kier molecular flexibility index (Phi) is 5.73. The van der Waals surface area contributed by atoms with Crippen molar-refractivity contribution in [3.8, 4) is 11.1 Å². The zero-order valence-electron chi connectivity index (χ0n) is 17.3. The van der Waals surface area contributed by atoms with Crippen molar-refractivity contribution in [3.05, 3.63) is 84.6 Å². The molecule has 1 fully saturated rings. The van der Waals surface area contributed by atoms with E-state index >= 15 is 0 Å². The first-order valence-electron chi connectivity index (χ1n) is 10.6. The summed E-state index contributed by atoms with van der Waals surface area (Å²) in [6.45, 7) is 4.63. The fraction of sp³-hybridized carbons (Fsp3) is 0.200. The third-order valence-electron chi connectivity index (χ3n) is 5.57. The van der Waals surface area contributed by atoms with E-state index in [0.29, 0.717) is 0 Å². The second kappa shape index (κ2) is 9.12. The molecule has 1 saturated heterocycles. The summed E-state index contributed by atoms with van der Waals surface area (Å²) in [6, 6.07) is 14.7. The summed E-state index contributed by atoms with van der Waals surface area (Å²) >= 11 is 0. The van der Waals surface area contributed by atoms with Gasteiger partial charge in [0.2, 0.25) is 0 Å². The van der Waals surface area contributed by atoms with Crippen LogP contribution in [0.4, 0.5) is 5.69 Å². The van der Waals surface area contributed by atoms with Gasteiger partial charge >= 0.3 is 0 Å². The van der Waals surface area contributed by atoms with Gasteiger partial charge in [-0.25, -0.2) is 4.98 Å². The lowest BCUT2D eigenvalue weighted by Gasteiger charge is -2.26. The number of nitrogens with one attached hydrogen (secondary N) is 2. The monoisotopic (exact) mass is 411 g/mol. The van der Waals surface area contributed by atoms with Crippen LogP contribution < -0.4 is 5.32 Å². The van der Waals surface area contributed by atoms with Gasteiger partial charge in [0.1, 0.15) is 5.65 Å². The smallest absolute Gasteiger partial charge is 0.137 e. The highest BCUT2D eigenvalue weighted by atomic mass is 16.5. The Morgan fingerprint density at radius 3 is 2.77 bits per heavy atom. The van der Waals surface area contributed by atoms with Crippen LogP contribution in [0.3, 0.4) is 0 Å². The standard InChI is InChI=1S/C25H25N5O/c1-2-23-24(17-29-25(23)28-9-1)22-8-10-26-16-20(22)7-11-27-21-5-3-19(4-6-21)18-30-12-14-31-15-13-30/h1-11,16-17,27H,12-15,18H2,(H,28,29)/b11-7+. The fourth-order valence-corrected chi connectivity index (χ4v) is 3.92. The molecule has 156 valence electrons. The molecule has 1 aliphatic heterocycles. The van der Waals surface area contributed by atoms with Crippen molar-refractivity contribution < 1.29 is 4.74 Å². The van der Waals surface area contributed by atoms with Crippen LogP contribution in [0.1, 0.15) is 11.1 Å². The van der Waals surface area contributed by atoms with Gasteiger partial charge in [0, 0.05) is 72.8 Å². The molecular weight excluding hydrogens is 386 g/mol. The van der Waals surface area contributed by atoms with Crippen molar-refractivity contribution in [2.75, 3.05) is 31.6 Å². The van der Waals surface area contributed by atoms with Crippen LogP contribution in [0, 0.1) is 0 Å². The molecule has 0 bridgehead atoms. The summed E-state index contributed by atoms with van der Waals surface area (Å²) in [6.07, 6.45) is 11.5. The minimum Gasteiger partial charge on any atom is -0.379 e. The SMILES string of the molecule is C(=C\c1cnccc1-c1c[nH]c2ncccc12)/Nc1ccc(CN2CCOCC2)cc1. The van der Waals surface area contributed by atoms with E-state index in [9.17, 15) is 0 Å². The van der Waals surface area contributed by atoms with Crippen molar-refractivity contribution in [1.82, 2.24) is 19.9 Å². The maximum Gasteiger partial charge on any atom is 0.137 e. The highest BCUT2D eigenvalue weighted by Gasteiger charge is 2.11. The molecule has 1 aromatic carbocycles. The largest absolute Gasteiger partial charge is 0.379 e. The Morgan fingerprint density at radius 2 is 1.90 bits per heavy atom. The van der Waals surface area contributed by atoms with Crippen LogP contribution in [-0.2, 0) is 11.3 Å². The Labute approximate surface area is 181 Å². The zero-order valence-corrected chi connectivity index (χ0v) is 17.3. The molecule has 31 heavy (non-hydrogen) atoms. The predicted molar refractivity (Wildman–Crippen MR) is 125 cm³/mol. The van der Waals surface area contributed by atoms with Crippen LogP contribution in [-0.4, -0.2) is 46.2 Å². The molecule has 0 radical (unpaired) electrons. The quantitative estimate of drug-likeness (QED) is 0.488. The number of hydrogen-bond acceptors (Lipinski definition) is 5. The van der Waals surface area contributed by atoms with Crippen LogP contribution in [0.2, 0.25) is 0 Å². The predicted octanol–water partition coefficient (Wildman–Crippen LogP) is 4.54. The summed E-state index contributed by atoms with van der Waals surface area (Å²) in [4.78, 5) is 14.4. The Bertz CT molecular complexity index is 1180. The number of anilines is 1. The van der Waals surface area contributed by atoms with E-state index in [2.05, 4.69) is 61.6 Å². The minimum atomic E-state index is 0.829. The number of nitrogens with zero attached hydrogens (tertiary/aromatic N) is 3. The molecule has 4 heterocycles. The van der Waals surface area contributed by atoms with Crippen molar-refractivity contribution >= 4 is 22.8 Å². The number of benzene rings is 1. The third kappa shape index (κ3) is 4.50. The van der Waals surface area contributed by atoms with Gasteiger partial charge in [0.05, 0.1) is 13.2 Å². The molecule has 4 aromatic rings. The van der Waals surface area contributed by atoms with Gasteiger partial charge in [0.25, 0.3) is 0 Å². The van der Waals surface area contributed by atoms with Gasteiger partial charge < -0.3 is 15.0 Å². The molecule has 0 saturated carbocycles. The summed E-state index contributed by atoms with van der Waals surface area (Å²) < 4.78 is 5.42. The zero-order chi connectivity index (χ0) is 20.9. The molecule has 0 amide bonds. The lowest BCUT2D eigenvalue weighted by atomic mass is 10.0. The van der Waals surface area contributed by atoms with Crippen molar-refractivity contribution in [2.24, 2.45) is 0 Å². The van der Waals surface area contributed by atoms with Gasteiger partial charge in [-0.15, -0.1) is 0 Å². The Hall–Kier alpha value is -3.48. The van der Waals surface area contributed by atoms with Gasteiger partial charge in [-0.2, -0.15) is 0 Å². The first-order chi connectivity index (χ1) is 15.4. The van der Waals surface area contributed by atoms with Gasteiger partial charge in [-0.05, 0) is 47.5 Å². The van der Waals surface area contributed by atoms with E-state index in [1.54, 1.807) is 6.20 Å². The highest BCUT2D eigenvalue weighted by molar-refractivity contribution is 5.95. The number of pyridine rings is 2. The normalized spacial score (nSPS) is 15.0. The maximum absolute atomic E-state index is 5.42. The Balaban J connectivity index is 1.28. The number of rotatable bonds is 6. The number of morpholine rings is 1. The van der Waals surface area contributed by atoms with E-state index in [1.807, 2.05) is 36.9 Å². The molecule has 6 nitrogen and oxygen atoms in total. The molecule has 3 aromatic heterocycles. The molecule has 2 N–H and O–H groups in total. The average molecular weight is 412 g/mol. The minimum absolute atomic E-state index is 0.829. The number of fused-ring (bicyclic) bond motifs is 1. The molecular formula is C25H25N5O. The van der Waals surface area contributed by atoms with Gasteiger partial charge in [-0.3, -0.25) is 9.88 Å². The summed E-state index contributed by atoms with van der Waals surface area (Å²) in [5, 5.41) is 4.48. The number of hydrogen-bond donors (Lipinski definition) is 2. The van der Waals surface area contributed by atoms with Crippen molar-refractivity contribution in [1.29, 1.82) is 0 Å². The van der Waals surface area contributed by atoms with E-state index in [0.717, 1.165) is 66.3 Å². The summed E-state index contributed by atoms with van der Waals surface area (Å²) in [5.74, 6) is 0. The second-order valence-electron chi connectivity index (χ2n) is 7.63. The van der Waals surface area contributed by atoms with Crippen LogP contribution in [0.5, 0.6) is 0 Å². The number of aromatic nitrogens is 3. The number of H-pyrrole nitrogens is 1. The van der Waals surface area contributed by atoms with Crippen LogP contribution in [0.25, 0.3) is 28.2 Å². The van der Waals surface area contributed by atoms with Gasteiger partial charge in [0.15, 0.2) is 0 Å². The average Bonchev–Trinajstić information content (AvgIpc) is 3.25. The Morgan fingerprint density at radius 1 is 1.03 bits per heavy atom. The van der Waals surface area contributed by atoms with E-state index in [-0.39, 0.29) is 0 Å². The molecule has 0 atom stereocenters. The molecule has 0 aliphatic carbocycles. The fourth-order valence-electron chi connectivity index (χ4n) is 3.92. The molecule has 6 heteroatoms. The topological polar surface area (TPSA) is 66.1 Å². The van der Waals surface area contributed by atoms with E-state index in [4.69, 9.17) is 4.74 Å². The van der Waals surface area contributed by atoms with Gasteiger partial charge in [-0.1, -0.05) is 12.1 Å². The lowest BCUT2D eigenvalue weighted by molar-refractivity contribution is 0.0342. The second-order valence-corrected chi connectivity index (χ2v) is 7.63. The summed E-state index contributed by atoms with van der Waals surface area (Å²) in [5.41, 5.74) is 6.55. The van der Waals surface area contributed by atoms with Crippen molar-refractivity contribution in [3.63, 3.8) is 0 Å². The lowest BCUT2D eigenvalue weighted by Crippen LogP contribution is -2.35. The van der Waals surface area contributed by atoms with E-state index < -0.39 is 0 Å². The van der Waals surface area contributed by atoms with Crippen LogP contribution in [0.15, 0.2) is 73.5 Å². The maximum atomic E-state index is 5.42. The first-order valence-corrected chi connectivity index (χ1v) is 10.6. The first kappa shape index (κ1) is 19.5. The van der Waals surface area contributed by atoms with Crippen LogP contribution >= 0.6 is 0 Å². The molecule has 0 spiro atoms. The molecule has 1 aliphatic rings. The summed E-state index contributed by atoms with van der Waals surface area (Å²) in [7, 11) is 0. The number of ether oxygens (including phenoxy) is 1. The van der Waals surface area contributed by atoms with Crippen molar-refractivity contribution in [2.45, 2.75) is 6.54 Å². The molecule has 0 unspecified atom stereocenters.